The molecule has 15 nitrogen and oxygen atoms in total. The van der Waals surface area contributed by atoms with Crippen molar-refractivity contribution < 1.29 is 0 Å². The van der Waals surface area contributed by atoms with E-state index in [1.165, 1.54) is 38.5 Å². The number of benzene rings is 4. The van der Waals surface area contributed by atoms with Crippen LogP contribution in [0.25, 0.3) is 55.1 Å². The van der Waals surface area contributed by atoms with E-state index < -0.39 is 11.1 Å². The molecule has 10 aromatic rings. The molecule has 0 spiro atoms. The summed E-state index contributed by atoms with van der Waals surface area (Å²) in [5, 5.41) is 14.2. The first-order valence-corrected chi connectivity index (χ1v) is 30.1. The van der Waals surface area contributed by atoms with Gasteiger partial charge in [-0.05, 0) is 121 Å². The Bertz CT molecular complexity index is 3610. The lowest BCUT2D eigenvalue weighted by Gasteiger charge is -2.30. The van der Waals surface area contributed by atoms with Crippen LogP contribution in [0.15, 0.2) is 125 Å². The SMILES string of the molecule is CC.CC.CC.CC.Cc1nc(N)c2c(C3CCCCC3)nn(C(C)(C)c3cc4ccccc4c(=O)n3-c3ccccc3)c2n1.Cc1nc(N)c2c(C3CCCCC3)nn(C(C)(C)c3nc4ccccc4c(=O)n3-c3ccccc3)c2n1. The van der Waals surface area contributed by atoms with E-state index in [9.17, 15) is 9.59 Å². The number of anilines is 2. The largest absolute Gasteiger partial charge is 0.383 e. The summed E-state index contributed by atoms with van der Waals surface area (Å²) in [5.41, 5.74) is 17.7. The number of pyridine rings is 1. The highest BCUT2D eigenvalue weighted by Crippen LogP contribution is 2.42. The molecule has 0 amide bonds. The molecule has 12 rings (SSSR count). The molecule has 0 aliphatic heterocycles. The van der Waals surface area contributed by atoms with Crippen LogP contribution in [0, 0.1) is 13.8 Å². The lowest BCUT2D eigenvalue weighted by molar-refractivity contribution is 0.359. The van der Waals surface area contributed by atoms with Gasteiger partial charge in [-0.25, -0.2) is 34.3 Å². The Morgan fingerprint density at radius 3 is 1.35 bits per heavy atom. The fourth-order valence-electron chi connectivity index (χ4n) is 11.6. The van der Waals surface area contributed by atoms with Gasteiger partial charge in [-0.2, -0.15) is 10.2 Å². The maximum Gasteiger partial charge on any atom is 0.266 e. The zero-order chi connectivity index (χ0) is 59.5. The molecule has 82 heavy (non-hydrogen) atoms. The van der Waals surface area contributed by atoms with Gasteiger partial charge in [-0.3, -0.25) is 18.7 Å². The number of nitrogen functional groups attached to an aromatic ring is 2. The second-order valence-corrected chi connectivity index (χ2v) is 21.1. The van der Waals surface area contributed by atoms with E-state index in [0.717, 1.165) is 75.9 Å². The molecule has 0 saturated heterocycles. The molecule has 6 aromatic heterocycles. The number of hydrogen-bond acceptors (Lipinski definition) is 11. The van der Waals surface area contributed by atoms with Crippen LogP contribution in [0.4, 0.5) is 11.6 Å². The molecule has 0 atom stereocenters. The predicted octanol–water partition coefficient (Wildman–Crippen LogP) is 15.2. The minimum Gasteiger partial charge on any atom is -0.383 e. The van der Waals surface area contributed by atoms with Gasteiger partial charge in [-0.15, -0.1) is 0 Å². The van der Waals surface area contributed by atoms with Crippen LogP contribution in [0.3, 0.4) is 0 Å². The minimum atomic E-state index is -0.836. The van der Waals surface area contributed by atoms with Gasteiger partial charge in [0, 0.05) is 22.9 Å². The standard InChI is InChI=1S/C30H32N6O.C29H31N7O.4C2H6/c1-19-32-27(31)25-26(20-12-6-4-7-13-20)34-36(28(25)33-19)30(2,3)24-18-21-14-10-11-17-23(21)29(37)35(24)22-15-8-5-9-16-22;1-18-31-25(30)23-24(19-12-6-4-7-13-19)34-36(26(23)32-18)29(2,3)28-33-22-17-11-10-16-21(22)27(37)35(28)20-14-8-5-9-15-20;4*1-2/h5,8-11,14-18,20H,4,6-7,12-13H2,1-3H3,(H2,31,32,33);5,8-11,14-17,19H,4,6-7,12-13H2,1-3H3,(H2,30,31,32);4*1-2H3. The number of para-hydroxylation sites is 3. The van der Waals surface area contributed by atoms with E-state index in [-0.39, 0.29) is 11.1 Å². The third-order valence-electron chi connectivity index (χ3n) is 15.3. The van der Waals surface area contributed by atoms with E-state index in [2.05, 4.69) is 29.9 Å². The van der Waals surface area contributed by atoms with Crippen LogP contribution in [0.2, 0.25) is 0 Å². The maximum atomic E-state index is 13.9. The van der Waals surface area contributed by atoms with Crippen molar-refractivity contribution in [3.63, 3.8) is 0 Å². The number of nitrogens with zero attached hydrogens (tertiary/aromatic N) is 11. The van der Waals surface area contributed by atoms with Crippen molar-refractivity contribution in [2.45, 2.75) is 184 Å². The normalized spacial score (nSPS) is 13.8. The number of hydrogen-bond donors (Lipinski definition) is 2. The van der Waals surface area contributed by atoms with Crippen LogP contribution in [0.5, 0.6) is 0 Å². The Balaban J connectivity index is 0.000000211. The van der Waals surface area contributed by atoms with Gasteiger partial charge in [0.1, 0.15) is 34.6 Å². The summed E-state index contributed by atoms with van der Waals surface area (Å²) in [6, 6.07) is 36.8. The molecule has 2 fully saturated rings. The van der Waals surface area contributed by atoms with E-state index >= 15 is 0 Å². The van der Waals surface area contributed by atoms with Crippen LogP contribution >= 0.6 is 0 Å². The number of nitrogens with two attached hydrogens (primary N) is 2. The molecule has 4 aromatic carbocycles. The van der Waals surface area contributed by atoms with E-state index in [1.807, 2.05) is 206 Å². The third kappa shape index (κ3) is 12.0. The number of fused-ring (bicyclic) bond motifs is 4. The van der Waals surface area contributed by atoms with E-state index in [1.54, 1.807) is 4.57 Å². The predicted molar refractivity (Wildman–Crippen MR) is 340 cm³/mol. The van der Waals surface area contributed by atoms with Crippen molar-refractivity contribution >= 4 is 55.4 Å². The number of aromatic nitrogens is 11. The summed E-state index contributed by atoms with van der Waals surface area (Å²) in [5.74, 6) is 3.34. The first kappa shape index (κ1) is 61.5. The molecule has 2 saturated carbocycles. The van der Waals surface area contributed by atoms with Gasteiger partial charge in [-0.1, -0.05) is 161 Å². The average molecular weight is 1110 g/mol. The van der Waals surface area contributed by atoms with Gasteiger partial charge in [0.25, 0.3) is 11.1 Å². The second kappa shape index (κ2) is 27.1. The second-order valence-electron chi connectivity index (χ2n) is 21.1. The Morgan fingerprint density at radius 1 is 0.463 bits per heavy atom. The summed E-state index contributed by atoms with van der Waals surface area (Å²) in [6.07, 6.45) is 11.5. The quantitative estimate of drug-likeness (QED) is 0.147. The Hall–Kier alpha value is -8.07. The van der Waals surface area contributed by atoms with Crippen molar-refractivity contribution in [3.05, 3.63) is 171 Å². The fourth-order valence-corrected chi connectivity index (χ4v) is 11.6. The highest BCUT2D eigenvalue weighted by atomic mass is 16.1. The van der Waals surface area contributed by atoms with Gasteiger partial charge >= 0.3 is 0 Å². The molecular weight excluding hydrogens is 1020 g/mol. The van der Waals surface area contributed by atoms with Gasteiger partial charge in [0.15, 0.2) is 11.3 Å². The molecule has 2 aliphatic carbocycles. The summed E-state index contributed by atoms with van der Waals surface area (Å²) in [6.45, 7) is 28.0. The van der Waals surface area contributed by atoms with Crippen LogP contribution in [-0.4, -0.2) is 53.6 Å². The molecule has 4 N–H and O–H groups in total. The summed E-state index contributed by atoms with van der Waals surface area (Å²) in [4.78, 5) is 51.6. The van der Waals surface area contributed by atoms with Crippen molar-refractivity contribution in [2.75, 3.05) is 11.5 Å². The maximum absolute atomic E-state index is 13.9. The van der Waals surface area contributed by atoms with E-state index in [0.29, 0.717) is 62.9 Å². The smallest absolute Gasteiger partial charge is 0.266 e. The van der Waals surface area contributed by atoms with Crippen molar-refractivity contribution in [1.29, 1.82) is 0 Å². The Morgan fingerprint density at radius 2 is 0.866 bits per heavy atom. The number of rotatable bonds is 8. The topological polar surface area (TPSA) is 196 Å². The third-order valence-corrected chi connectivity index (χ3v) is 15.3. The zero-order valence-electron chi connectivity index (χ0n) is 51.1. The summed E-state index contributed by atoms with van der Waals surface area (Å²) in [7, 11) is 0. The van der Waals surface area contributed by atoms with E-state index in [4.69, 9.17) is 36.6 Å². The van der Waals surface area contributed by atoms with Gasteiger partial charge < -0.3 is 11.5 Å². The first-order chi connectivity index (χ1) is 39.7. The Labute approximate surface area is 484 Å². The van der Waals surface area contributed by atoms with Crippen LogP contribution < -0.4 is 22.6 Å². The summed E-state index contributed by atoms with van der Waals surface area (Å²) < 4.78 is 7.40. The molecule has 0 radical (unpaired) electrons. The minimum absolute atomic E-state index is 0.0540. The first-order valence-electron chi connectivity index (χ1n) is 30.1. The molecule has 0 bridgehead atoms. The molecule has 6 heterocycles. The van der Waals surface area contributed by atoms with Crippen molar-refractivity contribution in [2.24, 2.45) is 0 Å². The molecule has 0 unspecified atom stereocenters. The fraction of sp³-hybridized carbons (Fsp3) is 0.418. The monoisotopic (exact) mass is 1110 g/mol. The van der Waals surface area contributed by atoms with Crippen LogP contribution in [0.1, 0.15) is 194 Å². The zero-order valence-corrected chi connectivity index (χ0v) is 51.1. The lowest BCUT2D eigenvalue weighted by Crippen LogP contribution is -2.38. The molecule has 15 heteroatoms. The average Bonchev–Trinajstić information content (AvgIpc) is 2.26. The highest BCUT2D eigenvalue weighted by molar-refractivity contribution is 5.90. The molecule has 432 valence electrons. The van der Waals surface area contributed by atoms with Gasteiger partial charge in [0.2, 0.25) is 0 Å². The Kier molecular flexibility index (Phi) is 20.4. The van der Waals surface area contributed by atoms with Gasteiger partial charge in [0.05, 0.1) is 50.0 Å². The molecular formula is C67H87N13O2. The lowest BCUT2D eigenvalue weighted by atomic mass is 9.86. The van der Waals surface area contributed by atoms with Crippen molar-refractivity contribution in [3.8, 4) is 11.4 Å². The molecule has 2 aliphatic rings. The number of aryl methyl sites for hydroxylation is 2. The van der Waals surface area contributed by atoms with Crippen LogP contribution in [-0.2, 0) is 11.1 Å². The highest BCUT2D eigenvalue weighted by Gasteiger charge is 2.37. The van der Waals surface area contributed by atoms with Crippen molar-refractivity contribution in [1.82, 2.24) is 53.6 Å². The summed E-state index contributed by atoms with van der Waals surface area (Å²) >= 11 is 0.